The summed E-state index contributed by atoms with van der Waals surface area (Å²) in [5.74, 6) is 1.20. The van der Waals surface area contributed by atoms with E-state index in [1.54, 1.807) is 14.2 Å². The van der Waals surface area contributed by atoms with Crippen LogP contribution >= 0.6 is 0 Å². The lowest BCUT2D eigenvalue weighted by Crippen LogP contribution is -2.24. The quantitative estimate of drug-likeness (QED) is 0.821. The molecule has 1 N–H and O–H groups in total. The SMILES string of the molecule is CNc1nc(OC(C)COC)nc(N2CCCC2)n1. The molecule has 1 aliphatic rings. The first-order chi connectivity index (χ1) is 9.22. The number of ether oxygens (including phenoxy) is 2. The third-order valence-electron chi connectivity index (χ3n) is 2.92. The van der Waals surface area contributed by atoms with E-state index in [0.717, 1.165) is 13.1 Å². The van der Waals surface area contributed by atoms with Gasteiger partial charge in [-0.05, 0) is 19.8 Å². The van der Waals surface area contributed by atoms with Crippen LogP contribution in [-0.4, -0.2) is 54.9 Å². The van der Waals surface area contributed by atoms with E-state index in [9.17, 15) is 0 Å². The van der Waals surface area contributed by atoms with E-state index in [0.29, 0.717) is 24.5 Å². The van der Waals surface area contributed by atoms with Gasteiger partial charge >= 0.3 is 6.01 Å². The molecule has 0 radical (unpaired) electrons. The van der Waals surface area contributed by atoms with Crippen LogP contribution < -0.4 is 15.0 Å². The van der Waals surface area contributed by atoms with Gasteiger partial charge in [0.1, 0.15) is 6.10 Å². The molecule has 1 aromatic heterocycles. The Bertz CT molecular complexity index is 409. The Morgan fingerprint density at radius 1 is 1.26 bits per heavy atom. The van der Waals surface area contributed by atoms with Gasteiger partial charge in [-0.15, -0.1) is 0 Å². The van der Waals surface area contributed by atoms with Crippen molar-refractivity contribution in [2.75, 3.05) is 44.1 Å². The summed E-state index contributed by atoms with van der Waals surface area (Å²) in [7, 11) is 3.42. The van der Waals surface area contributed by atoms with Crippen LogP contribution in [0.2, 0.25) is 0 Å². The molecule has 2 rings (SSSR count). The van der Waals surface area contributed by atoms with Gasteiger partial charge in [-0.2, -0.15) is 15.0 Å². The van der Waals surface area contributed by atoms with Crippen LogP contribution in [0.25, 0.3) is 0 Å². The number of methoxy groups -OCH3 is 1. The first kappa shape index (κ1) is 13.8. The second kappa shape index (κ2) is 6.51. The van der Waals surface area contributed by atoms with Crippen LogP contribution in [0.1, 0.15) is 19.8 Å². The van der Waals surface area contributed by atoms with Gasteiger partial charge in [0.2, 0.25) is 11.9 Å². The van der Waals surface area contributed by atoms with Gasteiger partial charge in [-0.1, -0.05) is 0 Å². The fourth-order valence-electron chi connectivity index (χ4n) is 2.02. The molecule has 1 aromatic rings. The Morgan fingerprint density at radius 3 is 2.63 bits per heavy atom. The summed E-state index contributed by atoms with van der Waals surface area (Å²) in [6.45, 7) is 4.39. The van der Waals surface area contributed by atoms with Gasteiger partial charge in [0.15, 0.2) is 0 Å². The second-order valence-electron chi connectivity index (χ2n) is 4.57. The first-order valence-electron chi connectivity index (χ1n) is 6.57. The number of rotatable bonds is 6. The number of nitrogens with one attached hydrogen (secondary N) is 1. The van der Waals surface area contributed by atoms with Crippen molar-refractivity contribution in [1.29, 1.82) is 0 Å². The van der Waals surface area contributed by atoms with Crippen LogP contribution in [0, 0.1) is 0 Å². The van der Waals surface area contributed by atoms with E-state index < -0.39 is 0 Å². The predicted octanol–water partition coefficient (Wildman–Crippen LogP) is 0.927. The summed E-state index contributed by atoms with van der Waals surface area (Å²) in [4.78, 5) is 15.1. The minimum Gasteiger partial charge on any atom is -0.458 e. The van der Waals surface area contributed by atoms with Crippen LogP contribution in [0.3, 0.4) is 0 Å². The standard InChI is InChI=1S/C12H21N5O2/c1-9(8-18-3)19-12-15-10(13-2)14-11(16-12)17-6-4-5-7-17/h9H,4-8H2,1-3H3,(H,13,14,15,16). The van der Waals surface area contributed by atoms with Gasteiger partial charge in [-0.3, -0.25) is 0 Å². The number of hydrogen-bond acceptors (Lipinski definition) is 7. The molecule has 1 saturated heterocycles. The van der Waals surface area contributed by atoms with E-state index >= 15 is 0 Å². The fourth-order valence-corrected chi connectivity index (χ4v) is 2.02. The Balaban J connectivity index is 2.15. The average Bonchev–Trinajstić information content (AvgIpc) is 2.92. The summed E-state index contributed by atoms with van der Waals surface area (Å²) >= 11 is 0. The molecule has 0 amide bonds. The maximum Gasteiger partial charge on any atom is 0.323 e. The molecule has 7 heteroatoms. The fraction of sp³-hybridized carbons (Fsp3) is 0.750. The average molecular weight is 267 g/mol. The topological polar surface area (TPSA) is 72.4 Å². The van der Waals surface area contributed by atoms with E-state index in [1.807, 2.05) is 6.92 Å². The van der Waals surface area contributed by atoms with Crippen molar-refractivity contribution in [2.24, 2.45) is 0 Å². The molecule has 1 unspecified atom stereocenters. The maximum atomic E-state index is 5.64. The van der Waals surface area contributed by atoms with Crippen molar-refractivity contribution < 1.29 is 9.47 Å². The molecular formula is C12H21N5O2. The molecular weight excluding hydrogens is 246 g/mol. The normalized spacial score (nSPS) is 16.5. The van der Waals surface area contributed by atoms with Crippen LogP contribution in [0.15, 0.2) is 0 Å². The van der Waals surface area contributed by atoms with E-state index in [-0.39, 0.29) is 6.10 Å². The molecule has 1 fully saturated rings. The minimum atomic E-state index is -0.0939. The molecule has 106 valence electrons. The molecule has 0 saturated carbocycles. The van der Waals surface area contributed by atoms with Gasteiger partial charge in [-0.25, -0.2) is 0 Å². The van der Waals surface area contributed by atoms with Crippen molar-refractivity contribution in [2.45, 2.75) is 25.9 Å². The van der Waals surface area contributed by atoms with Crippen molar-refractivity contribution in [1.82, 2.24) is 15.0 Å². The number of anilines is 2. The zero-order chi connectivity index (χ0) is 13.7. The summed E-state index contributed by atoms with van der Waals surface area (Å²) in [5.41, 5.74) is 0. The van der Waals surface area contributed by atoms with Crippen molar-refractivity contribution in [3.8, 4) is 6.01 Å². The largest absolute Gasteiger partial charge is 0.458 e. The van der Waals surface area contributed by atoms with Gasteiger partial charge in [0.25, 0.3) is 0 Å². The molecule has 1 aliphatic heterocycles. The first-order valence-corrected chi connectivity index (χ1v) is 6.57. The van der Waals surface area contributed by atoms with Crippen LogP contribution in [-0.2, 0) is 4.74 Å². The lowest BCUT2D eigenvalue weighted by atomic mass is 10.4. The van der Waals surface area contributed by atoms with Gasteiger partial charge in [0.05, 0.1) is 6.61 Å². The van der Waals surface area contributed by atoms with E-state index in [4.69, 9.17) is 9.47 Å². The zero-order valence-electron chi connectivity index (χ0n) is 11.7. The smallest absolute Gasteiger partial charge is 0.323 e. The number of aromatic nitrogens is 3. The van der Waals surface area contributed by atoms with E-state index in [1.165, 1.54) is 12.8 Å². The lowest BCUT2D eigenvalue weighted by Gasteiger charge is -2.17. The molecule has 1 atom stereocenters. The van der Waals surface area contributed by atoms with Crippen LogP contribution in [0.4, 0.5) is 11.9 Å². The Kier molecular flexibility index (Phi) is 4.73. The molecule has 7 nitrogen and oxygen atoms in total. The second-order valence-corrected chi connectivity index (χ2v) is 4.57. The highest BCUT2D eigenvalue weighted by atomic mass is 16.5. The molecule has 0 aromatic carbocycles. The number of nitrogens with zero attached hydrogens (tertiary/aromatic N) is 4. The highest BCUT2D eigenvalue weighted by molar-refractivity contribution is 5.38. The van der Waals surface area contributed by atoms with Crippen molar-refractivity contribution in [3.05, 3.63) is 0 Å². The third kappa shape index (κ3) is 3.66. The maximum absolute atomic E-state index is 5.64. The third-order valence-corrected chi connectivity index (χ3v) is 2.92. The summed E-state index contributed by atoms with van der Waals surface area (Å²) < 4.78 is 10.7. The minimum absolute atomic E-state index is 0.0939. The summed E-state index contributed by atoms with van der Waals surface area (Å²) in [6, 6.07) is 0.339. The number of hydrogen-bond donors (Lipinski definition) is 1. The highest BCUT2D eigenvalue weighted by Gasteiger charge is 2.18. The van der Waals surface area contributed by atoms with E-state index in [2.05, 4.69) is 25.2 Å². The molecule has 0 bridgehead atoms. The predicted molar refractivity (Wildman–Crippen MR) is 72.8 cm³/mol. The molecule has 0 aliphatic carbocycles. The monoisotopic (exact) mass is 267 g/mol. The summed E-state index contributed by atoms with van der Waals surface area (Å²) in [6.07, 6.45) is 2.26. The summed E-state index contributed by atoms with van der Waals surface area (Å²) in [5, 5.41) is 2.94. The Hall–Kier alpha value is -1.63. The highest BCUT2D eigenvalue weighted by Crippen LogP contribution is 2.19. The Labute approximate surface area is 113 Å². The Morgan fingerprint density at radius 2 is 2.00 bits per heavy atom. The molecule has 0 spiro atoms. The molecule has 19 heavy (non-hydrogen) atoms. The van der Waals surface area contributed by atoms with Crippen LogP contribution in [0.5, 0.6) is 6.01 Å². The van der Waals surface area contributed by atoms with Gasteiger partial charge < -0.3 is 19.7 Å². The zero-order valence-corrected chi connectivity index (χ0v) is 11.7. The van der Waals surface area contributed by atoms with Crippen molar-refractivity contribution >= 4 is 11.9 Å². The molecule has 2 heterocycles. The lowest BCUT2D eigenvalue weighted by molar-refractivity contribution is 0.0855. The van der Waals surface area contributed by atoms with Gasteiger partial charge in [0, 0.05) is 27.2 Å². The van der Waals surface area contributed by atoms with Crippen molar-refractivity contribution in [3.63, 3.8) is 0 Å².